The smallest absolute Gasteiger partial charge is 0.0945 e. The Hall–Kier alpha value is -0.940. The van der Waals surface area contributed by atoms with Gasteiger partial charge in [0.2, 0.25) is 0 Å². The molecule has 2 aromatic rings. The van der Waals surface area contributed by atoms with E-state index >= 15 is 0 Å². The molecule has 0 aliphatic rings. The van der Waals surface area contributed by atoms with Crippen LogP contribution in [0.4, 0.5) is 5.69 Å². The second kappa shape index (κ2) is 4.93. The predicted molar refractivity (Wildman–Crippen MR) is 71.3 cm³/mol. The summed E-state index contributed by atoms with van der Waals surface area (Å²) < 4.78 is 3.03. The molecule has 0 amide bonds. The van der Waals surface area contributed by atoms with Gasteiger partial charge in [0.1, 0.15) is 0 Å². The summed E-state index contributed by atoms with van der Waals surface area (Å²) in [7, 11) is 1.99. The Balaban J connectivity index is 2.08. The number of hydrogen-bond acceptors (Lipinski definition) is 3. The van der Waals surface area contributed by atoms with Crippen LogP contribution in [0, 0.1) is 0 Å². The fourth-order valence-electron chi connectivity index (χ4n) is 1.33. The summed E-state index contributed by atoms with van der Waals surface area (Å²) in [5.41, 5.74) is 7.92. The second-order valence-electron chi connectivity index (χ2n) is 3.47. The normalized spacial score (nSPS) is 10.6. The first-order chi connectivity index (χ1) is 7.66. The minimum atomic E-state index is 0.807. The van der Waals surface area contributed by atoms with Crippen LogP contribution in [-0.4, -0.2) is 9.55 Å². The van der Waals surface area contributed by atoms with Gasteiger partial charge in [-0.1, -0.05) is 15.9 Å². The number of aryl methyl sites for hydroxylation is 1. The van der Waals surface area contributed by atoms with Crippen molar-refractivity contribution in [3.8, 4) is 0 Å². The number of nitrogen functional groups attached to an aromatic ring is 1. The molecule has 0 aliphatic heterocycles. The predicted octanol–water partition coefficient (Wildman–Crippen LogP) is 3.06. The number of anilines is 1. The van der Waals surface area contributed by atoms with Crippen molar-refractivity contribution in [1.82, 2.24) is 9.55 Å². The molecule has 0 saturated carbocycles. The first-order valence-corrected chi connectivity index (χ1v) is 6.57. The van der Waals surface area contributed by atoms with E-state index in [1.54, 1.807) is 18.1 Å². The number of aromatic nitrogens is 2. The SMILES string of the molecule is Cn1cncc1CSc1ccc(Br)cc1N. The van der Waals surface area contributed by atoms with Gasteiger partial charge in [-0.2, -0.15) is 0 Å². The second-order valence-corrected chi connectivity index (χ2v) is 5.40. The minimum absolute atomic E-state index is 0.807. The number of thioether (sulfide) groups is 1. The van der Waals surface area contributed by atoms with Crippen molar-refractivity contribution in [3.63, 3.8) is 0 Å². The number of imidazole rings is 1. The third-order valence-electron chi connectivity index (χ3n) is 2.26. The number of nitrogens with two attached hydrogens (primary N) is 1. The molecular formula is C11H12BrN3S. The lowest BCUT2D eigenvalue weighted by molar-refractivity contribution is 0.867. The molecule has 1 aromatic carbocycles. The Bertz CT molecular complexity index is 496. The van der Waals surface area contributed by atoms with Crippen molar-refractivity contribution >= 4 is 33.4 Å². The fourth-order valence-corrected chi connectivity index (χ4v) is 2.68. The average molecular weight is 298 g/mol. The minimum Gasteiger partial charge on any atom is -0.398 e. The van der Waals surface area contributed by atoms with Gasteiger partial charge in [0.05, 0.1) is 6.33 Å². The van der Waals surface area contributed by atoms with Crippen LogP contribution in [0.25, 0.3) is 0 Å². The molecule has 0 aliphatic carbocycles. The summed E-state index contributed by atoms with van der Waals surface area (Å²) in [6, 6.07) is 5.95. The molecule has 0 saturated heterocycles. The zero-order valence-electron chi connectivity index (χ0n) is 8.85. The molecule has 3 nitrogen and oxygen atoms in total. The molecule has 1 heterocycles. The van der Waals surface area contributed by atoms with Crippen LogP contribution in [0.5, 0.6) is 0 Å². The lowest BCUT2D eigenvalue weighted by Crippen LogP contribution is -1.93. The Morgan fingerprint density at radius 1 is 1.50 bits per heavy atom. The number of halogens is 1. The Morgan fingerprint density at radius 2 is 2.31 bits per heavy atom. The number of hydrogen-bond donors (Lipinski definition) is 1. The van der Waals surface area contributed by atoms with Crippen molar-refractivity contribution in [2.24, 2.45) is 7.05 Å². The molecule has 0 radical (unpaired) electrons. The van der Waals surface area contributed by atoms with E-state index in [9.17, 15) is 0 Å². The topological polar surface area (TPSA) is 43.8 Å². The van der Waals surface area contributed by atoms with Crippen molar-refractivity contribution in [2.45, 2.75) is 10.6 Å². The summed E-state index contributed by atoms with van der Waals surface area (Å²) in [5.74, 6) is 0.877. The number of rotatable bonds is 3. The molecule has 0 fully saturated rings. The monoisotopic (exact) mass is 297 g/mol. The third kappa shape index (κ3) is 2.59. The van der Waals surface area contributed by atoms with Crippen LogP contribution in [0.2, 0.25) is 0 Å². The van der Waals surface area contributed by atoms with Crippen LogP contribution >= 0.6 is 27.7 Å². The fraction of sp³-hybridized carbons (Fsp3) is 0.182. The quantitative estimate of drug-likeness (QED) is 0.699. The molecule has 2 rings (SSSR count). The highest BCUT2D eigenvalue weighted by Gasteiger charge is 2.03. The molecule has 5 heteroatoms. The lowest BCUT2D eigenvalue weighted by Gasteiger charge is -2.06. The van der Waals surface area contributed by atoms with Crippen molar-refractivity contribution in [1.29, 1.82) is 0 Å². The number of nitrogens with zero attached hydrogens (tertiary/aromatic N) is 2. The van der Waals surface area contributed by atoms with Gasteiger partial charge >= 0.3 is 0 Å². The van der Waals surface area contributed by atoms with E-state index in [1.165, 1.54) is 5.69 Å². The number of benzene rings is 1. The van der Waals surface area contributed by atoms with E-state index in [4.69, 9.17) is 5.73 Å². The standard InChI is InChI=1S/C11H12BrN3S/c1-15-7-14-5-9(15)6-16-11-3-2-8(12)4-10(11)13/h2-5,7H,6,13H2,1H3. The zero-order valence-corrected chi connectivity index (χ0v) is 11.3. The highest BCUT2D eigenvalue weighted by Crippen LogP contribution is 2.29. The van der Waals surface area contributed by atoms with E-state index in [2.05, 4.69) is 20.9 Å². The lowest BCUT2D eigenvalue weighted by atomic mass is 10.3. The summed E-state index contributed by atoms with van der Waals surface area (Å²) in [6.07, 6.45) is 3.68. The molecule has 0 bridgehead atoms. The molecule has 0 atom stereocenters. The highest BCUT2D eigenvalue weighted by atomic mass is 79.9. The summed E-state index contributed by atoms with van der Waals surface area (Å²) in [4.78, 5) is 5.18. The van der Waals surface area contributed by atoms with Crippen LogP contribution < -0.4 is 5.73 Å². The Labute approximate surface area is 107 Å². The van der Waals surface area contributed by atoms with Gasteiger partial charge in [-0.15, -0.1) is 11.8 Å². The van der Waals surface area contributed by atoms with Gasteiger partial charge in [0.25, 0.3) is 0 Å². The summed E-state index contributed by atoms with van der Waals surface area (Å²) in [5, 5.41) is 0. The Kier molecular flexibility index (Phi) is 3.56. The van der Waals surface area contributed by atoms with Crippen molar-refractivity contribution in [3.05, 3.63) is 40.9 Å². The van der Waals surface area contributed by atoms with Crippen molar-refractivity contribution in [2.75, 3.05) is 5.73 Å². The first kappa shape index (κ1) is 11.5. The van der Waals surface area contributed by atoms with Gasteiger partial charge in [0.15, 0.2) is 0 Å². The molecule has 16 heavy (non-hydrogen) atoms. The van der Waals surface area contributed by atoms with E-state index in [-0.39, 0.29) is 0 Å². The third-order valence-corrected chi connectivity index (χ3v) is 3.88. The van der Waals surface area contributed by atoms with E-state index in [0.717, 1.165) is 20.8 Å². The van der Waals surface area contributed by atoms with Gasteiger partial charge in [-0.05, 0) is 18.2 Å². The van der Waals surface area contributed by atoms with Gasteiger partial charge in [-0.3, -0.25) is 0 Å². The van der Waals surface area contributed by atoms with E-state index in [0.29, 0.717) is 0 Å². The maximum atomic E-state index is 5.93. The van der Waals surface area contributed by atoms with Crippen LogP contribution in [0.1, 0.15) is 5.69 Å². The molecular weight excluding hydrogens is 286 g/mol. The molecule has 84 valence electrons. The van der Waals surface area contributed by atoms with E-state index in [1.807, 2.05) is 36.0 Å². The van der Waals surface area contributed by atoms with Gasteiger partial charge in [0, 0.05) is 39.7 Å². The first-order valence-electron chi connectivity index (χ1n) is 4.80. The summed E-state index contributed by atoms with van der Waals surface area (Å²) >= 11 is 5.12. The molecule has 0 unspecified atom stereocenters. The van der Waals surface area contributed by atoms with Crippen LogP contribution in [0.3, 0.4) is 0 Å². The van der Waals surface area contributed by atoms with Crippen LogP contribution in [-0.2, 0) is 12.8 Å². The summed E-state index contributed by atoms with van der Waals surface area (Å²) in [6.45, 7) is 0. The van der Waals surface area contributed by atoms with Crippen LogP contribution in [0.15, 0.2) is 40.1 Å². The molecule has 2 N–H and O–H groups in total. The maximum Gasteiger partial charge on any atom is 0.0945 e. The highest BCUT2D eigenvalue weighted by molar-refractivity contribution is 9.10. The molecule has 0 spiro atoms. The van der Waals surface area contributed by atoms with Crippen molar-refractivity contribution < 1.29 is 0 Å². The largest absolute Gasteiger partial charge is 0.398 e. The van der Waals surface area contributed by atoms with Gasteiger partial charge < -0.3 is 10.3 Å². The average Bonchev–Trinajstić information content (AvgIpc) is 2.63. The molecule has 1 aromatic heterocycles. The Morgan fingerprint density at radius 3 is 2.94 bits per heavy atom. The zero-order chi connectivity index (χ0) is 11.5. The van der Waals surface area contributed by atoms with Gasteiger partial charge in [-0.25, -0.2) is 4.98 Å². The maximum absolute atomic E-state index is 5.93. The van der Waals surface area contributed by atoms with E-state index < -0.39 is 0 Å².